The summed E-state index contributed by atoms with van der Waals surface area (Å²) in [4.78, 5) is 12.7. The van der Waals surface area contributed by atoms with E-state index >= 15 is 0 Å². The third-order valence-electron chi connectivity index (χ3n) is 5.45. The molecule has 1 N–H and O–H groups in total. The van der Waals surface area contributed by atoms with Gasteiger partial charge in [-0.15, -0.1) is 11.3 Å². The number of ether oxygens (including phenoxy) is 1. The summed E-state index contributed by atoms with van der Waals surface area (Å²) in [5, 5.41) is 3.36. The second kappa shape index (κ2) is 6.65. The van der Waals surface area contributed by atoms with E-state index in [0.717, 1.165) is 16.9 Å². The average Bonchev–Trinajstić information content (AvgIpc) is 3.20. The SMILES string of the molecule is O=C1OC[C@H]2[C@@H](c3ccccc3)[C@@]12NS(=O)(=O)c1ccc(-c2cc(C(F)(F)F)on2)s1. The van der Waals surface area contributed by atoms with Gasteiger partial charge in [0.25, 0.3) is 10.0 Å². The maximum absolute atomic E-state index is 13.0. The number of hydrogen-bond donors (Lipinski definition) is 1. The van der Waals surface area contributed by atoms with Gasteiger partial charge in [0.15, 0.2) is 0 Å². The molecule has 2 aliphatic rings. The van der Waals surface area contributed by atoms with Crippen LogP contribution in [-0.4, -0.2) is 31.7 Å². The van der Waals surface area contributed by atoms with Crippen molar-refractivity contribution in [2.24, 2.45) is 5.92 Å². The van der Waals surface area contributed by atoms with Crippen LogP contribution in [0.3, 0.4) is 0 Å². The number of nitrogens with one attached hydrogen (secondary N) is 1. The van der Waals surface area contributed by atoms with Crippen molar-refractivity contribution >= 4 is 27.3 Å². The van der Waals surface area contributed by atoms with E-state index in [-0.39, 0.29) is 33.2 Å². The highest BCUT2D eigenvalue weighted by Gasteiger charge is 2.76. The van der Waals surface area contributed by atoms with Crippen LogP contribution in [0, 0.1) is 5.92 Å². The number of alkyl halides is 3. The molecule has 1 aromatic carbocycles. The van der Waals surface area contributed by atoms with Crippen molar-refractivity contribution in [3.8, 4) is 10.6 Å². The minimum absolute atomic E-state index is 0.107. The first kappa shape index (κ1) is 20.2. The summed E-state index contributed by atoms with van der Waals surface area (Å²) in [6.45, 7) is 0.107. The molecule has 0 bridgehead atoms. The minimum Gasteiger partial charge on any atom is -0.464 e. The standard InChI is InChI=1S/C19H13F3N2O5S2/c20-19(21,22)14-8-12(23-29-14)13-6-7-15(30-13)31(26,27)24-18-11(9-28-17(18)25)16(18)10-4-2-1-3-5-10/h1-8,11,16,24H,9H2/t11-,16+,18+/m0/s1. The van der Waals surface area contributed by atoms with E-state index in [9.17, 15) is 26.4 Å². The number of aromatic nitrogens is 1. The monoisotopic (exact) mass is 470 g/mol. The number of nitrogens with zero attached hydrogens (tertiary/aromatic N) is 1. The molecular formula is C19H13F3N2O5S2. The molecule has 3 aromatic rings. The van der Waals surface area contributed by atoms with Gasteiger partial charge >= 0.3 is 12.1 Å². The van der Waals surface area contributed by atoms with E-state index < -0.39 is 33.5 Å². The van der Waals surface area contributed by atoms with E-state index in [1.807, 2.05) is 18.2 Å². The number of rotatable bonds is 5. The lowest BCUT2D eigenvalue weighted by Crippen LogP contribution is -2.43. The molecule has 3 heterocycles. The number of thiophene rings is 1. The smallest absolute Gasteiger partial charge is 0.452 e. The Morgan fingerprint density at radius 2 is 1.90 bits per heavy atom. The predicted octanol–water partition coefficient (Wildman–Crippen LogP) is 3.41. The fourth-order valence-corrected chi connectivity index (χ4v) is 6.66. The van der Waals surface area contributed by atoms with Gasteiger partial charge in [0.2, 0.25) is 5.76 Å². The fourth-order valence-electron chi connectivity index (χ4n) is 3.99. The molecule has 162 valence electrons. The van der Waals surface area contributed by atoms with Crippen molar-refractivity contribution < 1.29 is 35.6 Å². The Kier molecular flexibility index (Phi) is 4.33. The van der Waals surface area contributed by atoms with Crippen molar-refractivity contribution in [3.63, 3.8) is 0 Å². The summed E-state index contributed by atoms with van der Waals surface area (Å²) in [6.07, 6.45) is -4.70. The molecule has 1 saturated heterocycles. The van der Waals surface area contributed by atoms with Gasteiger partial charge in [0.1, 0.15) is 15.4 Å². The van der Waals surface area contributed by atoms with Crippen molar-refractivity contribution in [3.05, 3.63) is 59.9 Å². The van der Waals surface area contributed by atoms with E-state index in [1.165, 1.54) is 12.1 Å². The lowest BCUT2D eigenvalue weighted by molar-refractivity contribution is -0.155. The number of benzene rings is 1. The molecule has 0 radical (unpaired) electrons. The van der Waals surface area contributed by atoms with Gasteiger partial charge < -0.3 is 9.26 Å². The Morgan fingerprint density at radius 3 is 2.58 bits per heavy atom. The second-order valence-corrected chi connectivity index (χ2v) is 10.3. The van der Waals surface area contributed by atoms with E-state index in [0.29, 0.717) is 6.07 Å². The molecule has 1 aliphatic heterocycles. The highest BCUT2D eigenvalue weighted by atomic mass is 32.2. The van der Waals surface area contributed by atoms with Crippen LogP contribution >= 0.6 is 11.3 Å². The first-order valence-corrected chi connectivity index (χ1v) is 11.3. The van der Waals surface area contributed by atoms with E-state index in [4.69, 9.17) is 4.74 Å². The summed E-state index contributed by atoms with van der Waals surface area (Å²) in [7, 11) is -4.16. The zero-order valence-corrected chi connectivity index (χ0v) is 17.1. The summed E-state index contributed by atoms with van der Waals surface area (Å²) >= 11 is 0.723. The quantitative estimate of drug-likeness (QED) is 0.574. The Labute approximate surface area is 177 Å². The van der Waals surface area contributed by atoms with Gasteiger partial charge in [0.05, 0.1) is 11.5 Å². The number of carbonyl (C=O) groups excluding carboxylic acids is 1. The molecule has 2 aromatic heterocycles. The number of fused-ring (bicyclic) bond motifs is 1. The molecule has 0 spiro atoms. The molecule has 31 heavy (non-hydrogen) atoms. The first-order chi connectivity index (χ1) is 14.6. The molecular weight excluding hydrogens is 457 g/mol. The number of esters is 1. The molecule has 12 heteroatoms. The van der Waals surface area contributed by atoms with Crippen molar-refractivity contribution in [2.75, 3.05) is 6.61 Å². The number of hydrogen-bond acceptors (Lipinski definition) is 7. The lowest BCUT2D eigenvalue weighted by atomic mass is 10.1. The second-order valence-electron chi connectivity index (χ2n) is 7.26. The molecule has 0 amide bonds. The molecule has 5 rings (SSSR count). The van der Waals surface area contributed by atoms with E-state index in [1.54, 1.807) is 12.1 Å². The van der Waals surface area contributed by atoms with Crippen molar-refractivity contribution in [2.45, 2.75) is 21.8 Å². The van der Waals surface area contributed by atoms with Crippen LogP contribution in [0.2, 0.25) is 0 Å². The van der Waals surface area contributed by atoms with E-state index in [2.05, 4.69) is 14.4 Å². The first-order valence-electron chi connectivity index (χ1n) is 9.03. The predicted molar refractivity (Wildman–Crippen MR) is 102 cm³/mol. The van der Waals surface area contributed by atoms with Crippen molar-refractivity contribution in [1.29, 1.82) is 0 Å². The summed E-state index contributed by atoms with van der Waals surface area (Å²) < 4.78 is 75.9. The van der Waals surface area contributed by atoms with Gasteiger partial charge in [-0.1, -0.05) is 35.5 Å². The summed E-state index contributed by atoms with van der Waals surface area (Å²) in [5.41, 5.74) is -0.702. The number of halogens is 3. The molecule has 1 saturated carbocycles. The highest BCUT2D eigenvalue weighted by molar-refractivity contribution is 7.91. The maximum atomic E-state index is 13.0. The van der Waals surface area contributed by atoms with Crippen LogP contribution in [0.15, 0.2) is 57.3 Å². The molecule has 7 nitrogen and oxygen atoms in total. The summed E-state index contributed by atoms with van der Waals surface area (Å²) in [6, 6.07) is 12.3. The van der Waals surface area contributed by atoms with Gasteiger partial charge in [-0.2, -0.15) is 17.9 Å². The van der Waals surface area contributed by atoms with Crippen molar-refractivity contribution in [1.82, 2.24) is 9.88 Å². The Hall–Kier alpha value is -2.70. The van der Waals surface area contributed by atoms with Crippen LogP contribution in [-0.2, 0) is 25.7 Å². The molecule has 3 atom stereocenters. The van der Waals surface area contributed by atoms with Crippen LogP contribution in [0.1, 0.15) is 17.2 Å². The lowest BCUT2D eigenvalue weighted by Gasteiger charge is -2.15. The Bertz CT molecular complexity index is 1270. The maximum Gasteiger partial charge on any atom is 0.452 e. The average molecular weight is 470 g/mol. The zero-order valence-electron chi connectivity index (χ0n) is 15.4. The van der Waals surface area contributed by atoms with Crippen LogP contribution in [0.4, 0.5) is 13.2 Å². The number of carbonyl (C=O) groups is 1. The summed E-state index contributed by atoms with van der Waals surface area (Å²) in [5.74, 6) is -2.61. The zero-order chi connectivity index (χ0) is 22.0. The number of cyclic esters (lactones) is 1. The Morgan fingerprint density at radius 1 is 1.16 bits per heavy atom. The largest absolute Gasteiger partial charge is 0.464 e. The highest BCUT2D eigenvalue weighted by Crippen LogP contribution is 2.62. The van der Waals surface area contributed by atoms with Crippen LogP contribution < -0.4 is 4.72 Å². The third kappa shape index (κ3) is 3.17. The van der Waals surface area contributed by atoms with Gasteiger partial charge in [0, 0.05) is 17.9 Å². The number of sulfonamides is 1. The van der Waals surface area contributed by atoms with Gasteiger partial charge in [-0.25, -0.2) is 13.2 Å². The minimum atomic E-state index is -4.70. The van der Waals surface area contributed by atoms with Gasteiger partial charge in [-0.3, -0.25) is 0 Å². The van der Waals surface area contributed by atoms with Gasteiger partial charge in [-0.05, 0) is 17.7 Å². The van der Waals surface area contributed by atoms with Crippen LogP contribution in [0.5, 0.6) is 0 Å². The molecule has 2 fully saturated rings. The molecule has 0 unspecified atom stereocenters. The third-order valence-corrected chi connectivity index (χ3v) is 8.53. The normalized spacial score (nSPS) is 25.3. The topological polar surface area (TPSA) is 98.5 Å². The Balaban J connectivity index is 1.43. The fraction of sp³-hybridized carbons (Fsp3) is 0.263. The molecule has 1 aliphatic carbocycles. The van der Waals surface area contributed by atoms with Crippen LogP contribution in [0.25, 0.3) is 10.6 Å².